The Hall–Kier alpha value is -4.15. The van der Waals surface area contributed by atoms with Gasteiger partial charge in [0.05, 0.1) is 18.0 Å². The van der Waals surface area contributed by atoms with Crippen LogP contribution >= 0.6 is 0 Å². The molecule has 5 aromatic rings. The van der Waals surface area contributed by atoms with Gasteiger partial charge >= 0.3 is 0 Å². The predicted molar refractivity (Wildman–Crippen MR) is 174 cm³/mol. The van der Waals surface area contributed by atoms with Crippen molar-refractivity contribution >= 4 is 0 Å². The van der Waals surface area contributed by atoms with Crippen LogP contribution in [-0.4, -0.2) is 21.1 Å². The molecule has 216 valence electrons. The van der Waals surface area contributed by atoms with E-state index in [0.717, 1.165) is 61.9 Å². The summed E-state index contributed by atoms with van der Waals surface area (Å²) < 4.78 is 8.33. The first-order valence-corrected chi connectivity index (χ1v) is 15.3. The maximum atomic E-state index is 5.85. The summed E-state index contributed by atoms with van der Waals surface area (Å²) in [5.41, 5.74) is 9.75. The molecular formula is C38H43N3O. The third-order valence-electron chi connectivity index (χ3n) is 7.61. The highest BCUT2D eigenvalue weighted by Crippen LogP contribution is 2.32. The molecular weight excluding hydrogens is 514 g/mol. The molecule has 4 aromatic carbocycles. The molecule has 0 N–H and O–H groups in total. The molecule has 0 fully saturated rings. The van der Waals surface area contributed by atoms with Crippen molar-refractivity contribution in [2.45, 2.75) is 66.7 Å². The minimum atomic E-state index is 0.662. The van der Waals surface area contributed by atoms with Gasteiger partial charge in [-0.15, -0.1) is 0 Å². The molecule has 0 unspecified atom stereocenters. The highest BCUT2D eigenvalue weighted by molar-refractivity contribution is 5.69. The van der Waals surface area contributed by atoms with Crippen molar-refractivity contribution in [2.75, 3.05) is 6.61 Å². The van der Waals surface area contributed by atoms with Gasteiger partial charge < -0.3 is 9.30 Å². The van der Waals surface area contributed by atoms with Gasteiger partial charge in [0, 0.05) is 37.3 Å². The zero-order valence-corrected chi connectivity index (χ0v) is 25.5. The van der Waals surface area contributed by atoms with Crippen LogP contribution in [0, 0.1) is 13.8 Å². The van der Waals surface area contributed by atoms with Crippen molar-refractivity contribution in [3.8, 4) is 28.4 Å². The van der Waals surface area contributed by atoms with E-state index in [9.17, 15) is 0 Å². The van der Waals surface area contributed by atoms with Crippen LogP contribution in [-0.2, 0) is 26.2 Å². The molecule has 0 bridgehead atoms. The molecule has 0 aliphatic heterocycles. The summed E-state index contributed by atoms with van der Waals surface area (Å²) in [6.45, 7) is 12.6. The number of benzene rings is 4. The number of ether oxygens (including phenoxy) is 1. The van der Waals surface area contributed by atoms with E-state index in [1.165, 1.54) is 33.5 Å². The number of hydrogen-bond donors (Lipinski definition) is 0. The van der Waals surface area contributed by atoms with Gasteiger partial charge in [0.25, 0.3) is 0 Å². The largest absolute Gasteiger partial charge is 0.494 e. The van der Waals surface area contributed by atoms with Gasteiger partial charge in [-0.1, -0.05) is 109 Å². The van der Waals surface area contributed by atoms with Crippen LogP contribution in [0.3, 0.4) is 0 Å². The maximum Gasteiger partial charge on any atom is 0.140 e. The summed E-state index contributed by atoms with van der Waals surface area (Å²) in [6, 6.07) is 36.8. The third-order valence-corrected chi connectivity index (χ3v) is 7.61. The maximum absolute atomic E-state index is 5.85. The van der Waals surface area contributed by atoms with Crippen LogP contribution in [0.5, 0.6) is 5.75 Å². The molecule has 1 aromatic heterocycles. The lowest BCUT2D eigenvalue weighted by Crippen LogP contribution is -2.24. The van der Waals surface area contributed by atoms with E-state index in [2.05, 4.69) is 127 Å². The molecule has 0 spiro atoms. The van der Waals surface area contributed by atoms with E-state index in [-0.39, 0.29) is 0 Å². The standard InChI is InChI=1S/C38H43N3O/c1-5-7-22-41-36(37(34-20-12-15-30(4)24-34)39-38(41)33-18-9-8-10-19-33)28-40(26-31-16-11-14-29(3)23-31)27-32-17-13-21-35(25-32)42-6-2/h8-21,23-25H,5-7,22,26-28H2,1-4H3. The number of imidazole rings is 1. The van der Waals surface area contributed by atoms with Gasteiger partial charge in [0.15, 0.2) is 0 Å². The highest BCUT2D eigenvalue weighted by Gasteiger charge is 2.22. The Morgan fingerprint density at radius 2 is 1.36 bits per heavy atom. The smallest absolute Gasteiger partial charge is 0.140 e. The van der Waals surface area contributed by atoms with Crippen molar-refractivity contribution in [1.82, 2.24) is 14.5 Å². The van der Waals surface area contributed by atoms with Crippen LogP contribution in [0.15, 0.2) is 103 Å². The summed E-state index contributed by atoms with van der Waals surface area (Å²) in [4.78, 5) is 7.93. The molecule has 0 aliphatic carbocycles. The molecule has 0 saturated heterocycles. The first-order valence-electron chi connectivity index (χ1n) is 15.3. The lowest BCUT2D eigenvalue weighted by atomic mass is 10.1. The number of nitrogens with zero attached hydrogens (tertiary/aromatic N) is 3. The Labute approximate surface area is 251 Å². The first-order chi connectivity index (χ1) is 20.5. The fraction of sp³-hybridized carbons (Fsp3) is 0.289. The van der Waals surface area contributed by atoms with E-state index < -0.39 is 0 Å². The second-order valence-corrected chi connectivity index (χ2v) is 11.2. The van der Waals surface area contributed by atoms with Crippen LogP contribution in [0.1, 0.15) is 54.6 Å². The summed E-state index contributed by atoms with van der Waals surface area (Å²) in [7, 11) is 0. The fourth-order valence-corrected chi connectivity index (χ4v) is 5.64. The molecule has 0 saturated carbocycles. The van der Waals surface area contributed by atoms with Crippen molar-refractivity contribution in [3.63, 3.8) is 0 Å². The predicted octanol–water partition coefficient (Wildman–Crippen LogP) is 9.24. The molecule has 42 heavy (non-hydrogen) atoms. The molecule has 0 radical (unpaired) electrons. The summed E-state index contributed by atoms with van der Waals surface area (Å²) >= 11 is 0. The monoisotopic (exact) mass is 557 g/mol. The molecule has 0 aliphatic rings. The Morgan fingerprint density at radius 3 is 2.05 bits per heavy atom. The molecule has 4 heteroatoms. The molecule has 0 atom stereocenters. The number of unbranched alkanes of at least 4 members (excludes halogenated alkanes) is 1. The van der Waals surface area contributed by atoms with Gasteiger partial charge in [-0.05, 0) is 56.5 Å². The summed E-state index contributed by atoms with van der Waals surface area (Å²) in [5.74, 6) is 1.97. The average Bonchev–Trinajstić information content (AvgIpc) is 3.34. The van der Waals surface area contributed by atoms with Gasteiger partial charge in [0.2, 0.25) is 0 Å². The minimum absolute atomic E-state index is 0.662. The highest BCUT2D eigenvalue weighted by atomic mass is 16.5. The van der Waals surface area contributed by atoms with E-state index in [1.807, 2.05) is 13.0 Å². The Bertz CT molecular complexity index is 1590. The van der Waals surface area contributed by atoms with Gasteiger partial charge in [-0.25, -0.2) is 4.98 Å². The Morgan fingerprint density at radius 1 is 0.690 bits per heavy atom. The average molecular weight is 558 g/mol. The van der Waals surface area contributed by atoms with Crippen LogP contribution < -0.4 is 4.74 Å². The Kier molecular flexibility index (Phi) is 9.89. The van der Waals surface area contributed by atoms with Crippen molar-refractivity contribution in [2.24, 2.45) is 0 Å². The number of hydrogen-bond acceptors (Lipinski definition) is 3. The van der Waals surface area contributed by atoms with Crippen molar-refractivity contribution < 1.29 is 4.74 Å². The number of rotatable bonds is 13. The summed E-state index contributed by atoms with van der Waals surface area (Å²) in [6.07, 6.45) is 2.23. The van der Waals surface area contributed by atoms with Gasteiger partial charge in [-0.2, -0.15) is 0 Å². The van der Waals surface area contributed by atoms with Crippen molar-refractivity contribution in [1.29, 1.82) is 0 Å². The lowest BCUT2D eigenvalue weighted by Gasteiger charge is -2.25. The van der Waals surface area contributed by atoms with E-state index in [1.54, 1.807) is 0 Å². The number of aryl methyl sites for hydroxylation is 2. The summed E-state index contributed by atoms with van der Waals surface area (Å²) in [5, 5.41) is 0. The molecule has 5 rings (SSSR count). The SMILES string of the molecule is CCCCn1c(-c2ccccc2)nc(-c2cccc(C)c2)c1CN(Cc1cccc(C)c1)Cc1cccc(OCC)c1. The normalized spacial score (nSPS) is 11.3. The van der Waals surface area contributed by atoms with Gasteiger partial charge in [0.1, 0.15) is 11.6 Å². The zero-order valence-electron chi connectivity index (χ0n) is 25.5. The third kappa shape index (κ3) is 7.37. The lowest BCUT2D eigenvalue weighted by molar-refractivity contribution is 0.240. The first kappa shape index (κ1) is 29.3. The van der Waals surface area contributed by atoms with E-state index >= 15 is 0 Å². The quantitative estimate of drug-likeness (QED) is 0.145. The topological polar surface area (TPSA) is 30.3 Å². The fourth-order valence-electron chi connectivity index (χ4n) is 5.64. The number of aromatic nitrogens is 2. The molecule has 4 nitrogen and oxygen atoms in total. The minimum Gasteiger partial charge on any atom is -0.494 e. The van der Waals surface area contributed by atoms with E-state index in [4.69, 9.17) is 9.72 Å². The van der Waals surface area contributed by atoms with Crippen LogP contribution in [0.2, 0.25) is 0 Å². The Balaban J connectivity index is 1.62. The van der Waals surface area contributed by atoms with Crippen molar-refractivity contribution in [3.05, 3.63) is 131 Å². The second kappa shape index (κ2) is 14.2. The zero-order chi connectivity index (χ0) is 29.3. The van der Waals surface area contributed by atoms with Crippen LogP contribution in [0.4, 0.5) is 0 Å². The van der Waals surface area contributed by atoms with Gasteiger partial charge in [-0.3, -0.25) is 4.90 Å². The van der Waals surface area contributed by atoms with E-state index in [0.29, 0.717) is 6.61 Å². The molecule has 0 amide bonds. The molecule has 1 heterocycles. The van der Waals surface area contributed by atoms with Crippen LogP contribution in [0.25, 0.3) is 22.6 Å². The second-order valence-electron chi connectivity index (χ2n) is 11.2.